The van der Waals surface area contributed by atoms with Crippen molar-refractivity contribution >= 4 is 5.97 Å². The summed E-state index contributed by atoms with van der Waals surface area (Å²) in [4.78, 5) is 11.3. The lowest BCUT2D eigenvalue weighted by Crippen LogP contribution is -2.56. The Labute approximate surface area is 97.4 Å². The van der Waals surface area contributed by atoms with E-state index in [4.69, 9.17) is 5.73 Å². The molecule has 0 radical (unpaired) electrons. The number of carbonyl (C=O) groups is 1. The number of carboxylic acids is 1. The summed E-state index contributed by atoms with van der Waals surface area (Å²) in [6.45, 7) is 0. The first kappa shape index (κ1) is 11.9. The van der Waals surface area contributed by atoms with Crippen molar-refractivity contribution in [2.24, 2.45) is 17.6 Å². The zero-order chi connectivity index (χ0) is 11.6. The van der Waals surface area contributed by atoms with Gasteiger partial charge in [-0.15, -0.1) is 0 Å². The molecule has 0 aromatic heterocycles. The standard InChI is InChI=1S/C13H23NO2/c14-13(12(15)16)8-4-3-7-11(13)9-10-5-1-2-6-10/h10-11H,1-9,14H2,(H,15,16)/t11-,13+/m0/s1. The highest BCUT2D eigenvalue weighted by Gasteiger charge is 2.44. The highest BCUT2D eigenvalue weighted by atomic mass is 16.4. The van der Waals surface area contributed by atoms with E-state index >= 15 is 0 Å². The van der Waals surface area contributed by atoms with E-state index in [1.165, 1.54) is 25.7 Å². The van der Waals surface area contributed by atoms with Crippen LogP contribution in [0.3, 0.4) is 0 Å². The fourth-order valence-corrected chi connectivity index (χ4v) is 3.53. The van der Waals surface area contributed by atoms with Crippen LogP contribution in [-0.2, 0) is 4.79 Å². The Hall–Kier alpha value is -0.570. The molecule has 2 aliphatic carbocycles. The number of rotatable bonds is 3. The van der Waals surface area contributed by atoms with Gasteiger partial charge in [0.1, 0.15) is 5.54 Å². The van der Waals surface area contributed by atoms with Crippen molar-refractivity contribution < 1.29 is 9.90 Å². The Morgan fingerprint density at radius 2 is 1.81 bits per heavy atom. The molecule has 2 aliphatic rings. The van der Waals surface area contributed by atoms with Crippen molar-refractivity contribution in [1.82, 2.24) is 0 Å². The van der Waals surface area contributed by atoms with Gasteiger partial charge < -0.3 is 10.8 Å². The van der Waals surface area contributed by atoms with Gasteiger partial charge in [-0.1, -0.05) is 38.5 Å². The smallest absolute Gasteiger partial charge is 0.323 e. The Bertz CT molecular complexity index is 261. The van der Waals surface area contributed by atoms with Crippen LogP contribution in [0, 0.1) is 11.8 Å². The van der Waals surface area contributed by atoms with Gasteiger partial charge in [0.15, 0.2) is 0 Å². The summed E-state index contributed by atoms with van der Waals surface area (Å²) >= 11 is 0. The van der Waals surface area contributed by atoms with Crippen molar-refractivity contribution in [3.8, 4) is 0 Å². The molecule has 0 aliphatic heterocycles. The van der Waals surface area contributed by atoms with Crippen LogP contribution in [0.5, 0.6) is 0 Å². The van der Waals surface area contributed by atoms with Crippen LogP contribution in [0.2, 0.25) is 0 Å². The fraction of sp³-hybridized carbons (Fsp3) is 0.923. The lowest BCUT2D eigenvalue weighted by molar-refractivity contribution is -0.147. The van der Waals surface area contributed by atoms with Crippen LogP contribution in [0.25, 0.3) is 0 Å². The van der Waals surface area contributed by atoms with Crippen molar-refractivity contribution in [3.05, 3.63) is 0 Å². The predicted octanol–water partition coefficient (Wildman–Crippen LogP) is 2.54. The van der Waals surface area contributed by atoms with E-state index in [0.29, 0.717) is 6.42 Å². The third kappa shape index (κ3) is 2.24. The van der Waals surface area contributed by atoms with Gasteiger partial charge in [0.2, 0.25) is 0 Å². The van der Waals surface area contributed by atoms with Gasteiger partial charge in [-0.25, -0.2) is 0 Å². The van der Waals surface area contributed by atoms with Crippen LogP contribution in [0.4, 0.5) is 0 Å². The molecule has 92 valence electrons. The number of hydrogen-bond donors (Lipinski definition) is 2. The van der Waals surface area contributed by atoms with Crippen molar-refractivity contribution in [2.45, 2.75) is 63.3 Å². The van der Waals surface area contributed by atoms with E-state index < -0.39 is 11.5 Å². The van der Waals surface area contributed by atoms with Crippen LogP contribution in [0.15, 0.2) is 0 Å². The highest BCUT2D eigenvalue weighted by Crippen LogP contribution is 2.40. The zero-order valence-corrected chi connectivity index (χ0v) is 9.95. The lowest BCUT2D eigenvalue weighted by atomic mass is 9.69. The highest BCUT2D eigenvalue weighted by molar-refractivity contribution is 5.79. The Balaban J connectivity index is 2.01. The lowest BCUT2D eigenvalue weighted by Gasteiger charge is -2.39. The molecule has 3 nitrogen and oxygen atoms in total. The molecule has 2 saturated carbocycles. The summed E-state index contributed by atoms with van der Waals surface area (Å²) < 4.78 is 0. The van der Waals surface area contributed by atoms with Crippen molar-refractivity contribution in [2.75, 3.05) is 0 Å². The molecule has 0 heterocycles. The summed E-state index contributed by atoms with van der Waals surface area (Å²) in [7, 11) is 0. The molecule has 3 N–H and O–H groups in total. The van der Waals surface area contributed by atoms with Gasteiger partial charge in [-0.05, 0) is 31.1 Å². The number of hydrogen-bond acceptors (Lipinski definition) is 2. The Morgan fingerprint density at radius 3 is 2.44 bits per heavy atom. The maximum atomic E-state index is 11.3. The Kier molecular flexibility index (Phi) is 3.53. The minimum atomic E-state index is -0.930. The van der Waals surface area contributed by atoms with Crippen molar-refractivity contribution in [3.63, 3.8) is 0 Å². The molecule has 2 rings (SSSR count). The van der Waals surface area contributed by atoms with E-state index in [1.54, 1.807) is 0 Å². The summed E-state index contributed by atoms with van der Waals surface area (Å²) in [6, 6.07) is 0. The fourth-order valence-electron chi connectivity index (χ4n) is 3.53. The van der Waals surface area contributed by atoms with Crippen LogP contribution < -0.4 is 5.73 Å². The molecule has 0 aromatic rings. The van der Waals surface area contributed by atoms with E-state index in [9.17, 15) is 9.90 Å². The molecule has 0 saturated heterocycles. The number of nitrogens with two attached hydrogens (primary N) is 1. The third-order valence-electron chi connectivity index (χ3n) is 4.61. The second-order valence-corrected chi connectivity index (χ2v) is 5.67. The number of carboxylic acid groups (broad SMARTS) is 1. The summed E-state index contributed by atoms with van der Waals surface area (Å²) in [5, 5.41) is 9.32. The first-order valence-electron chi connectivity index (χ1n) is 6.65. The van der Waals surface area contributed by atoms with Gasteiger partial charge >= 0.3 is 5.97 Å². The first-order chi connectivity index (χ1) is 7.63. The van der Waals surface area contributed by atoms with Gasteiger partial charge in [-0.3, -0.25) is 4.79 Å². The van der Waals surface area contributed by atoms with E-state index in [2.05, 4.69) is 0 Å². The molecule has 0 unspecified atom stereocenters. The van der Waals surface area contributed by atoms with Gasteiger partial charge in [0.25, 0.3) is 0 Å². The summed E-state index contributed by atoms with van der Waals surface area (Å²) in [5.41, 5.74) is 5.19. The van der Waals surface area contributed by atoms with E-state index in [0.717, 1.165) is 31.6 Å². The largest absolute Gasteiger partial charge is 0.480 e. The molecular weight excluding hydrogens is 202 g/mol. The van der Waals surface area contributed by atoms with Crippen LogP contribution in [0.1, 0.15) is 57.8 Å². The normalized spacial score (nSPS) is 36.4. The second-order valence-electron chi connectivity index (χ2n) is 5.67. The quantitative estimate of drug-likeness (QED) is 0.775. The van der Waals surface area contributed by atoms with Crippen molar-refractivity contribution in [1.29, 1.82) is 0 Å². The monoisotopic (exact) mass is 225 g/mol. The topological polar surface area (TPSA) is 63.3 Å². The first-order valence-corrected chi connectivity index (χ1v) is 6.65. The second kappa shape index (κ2) is 4.74. The molecular formula is C13H23NO2. The molecule has 0 bridgehead atoms. The van der Waals surface area contributed by atoms with Gasteiger partial charge in [0.05, 0.1) is 0 Å². The summed E-state index contributed by atoms with van der Waals surface area (Å²) in [5.74, 6) is 0.169. The third-order valence-corrected chi connectivity index (χ3v) is 4.61. The zero-order valence-electron chi connectivity index (χ0n) is 9.95. The predicted molar refractivity (Wildman–Crippen MR) is 63.1 cm³/mol. The van der Waals surface area contributed by atoms with Gasteiger partial charge in [0, 0.05) is 0 Å². The average Bonchev–Trinajstić information content (AvgIpc) is 2.74. The maximum Gasteiger partial charge on any atom is 0.323 e. The minimum absolute atomic E-state index is 0.210. The molecule has 0 amide bonds. The molecule has 3 heteroatoms. The Morgan fingerprint density at radius 1 is 1.19 bits per heavy atom. The molecule has 0 aromatic carbocycles. The summed E-state index contributed by atoms with van der Waals surface area (Å²) in [6.07, 6.45) is 10.1. The van der Waals surface area contributed by atoms with E-state index in [-0.39, 0.29) is 5.92 Å². The maximum absolute atomic E-state index is 11.3. The minimum Gasteiger partial charge on any atom is -0.480 e. The van der Waals surface area contributed by atoms with Crippen LogP contribution >= 0.6 is 0 Å². The number of aliphatic carboxylic acids is 1. The average molecular weight is 225 g/mol. The molecule has 2 atom stereocenters. The molecule has 16 heavy (non-hydrogen) atoms. The van der Waals surface area contributed by atoms with Crippen LogP contribution in [-0.4, -0.2) is 16.6 Å². The van der Waals surface area contributed by atoms with E-state index in [1.807, 2.05) is 0 Å². The van der Waals surface area contributed by atoms with Gasteiger partial charge in [-0.2, -0.15) is 0 Å². The molecule has 0 spiro atoms. The molecule has 2 fully saturated rings. The SMILES string of the molecule is N[C@]1(C(=O)O)CCCC[C@H]1CC1CCCC1.